The molecule has 1 aliphatic rings. The average Bonchev–Trinajstić information content (AvgIpc) is 2.47. The Balaban J connectivity index is 2.69. The Morgan fingerprint density at radius 2 is 2.21 bits per heavy atom. The molecule has 0 radical (unpaired) electrons. The van der Waals surface area contributed by atoms with Gasteiger partial charge in [-0.25, -0.2) is 8.42 Å². The molecule has 1 fully saturated rings. The SMILES string of the molecule is CCN(C(=O)CCl)[C@@H]1CCS(=O)(=O)C1. The summed E-state index contributed by atoms with van der Waals surface area (Å²) in [4.78, 5) is 12.9. The van der Waals surface area contributed by atoms with Crippen LogP contribution in [0.4, 0.5) is 0 Å². The van der Waals surface area contributed by atoms with Crippen molar-refractivity contribution < 1.29 is 13.2 Å². The minimum Gasteiger partial charge on any atom is -0.338 e. The van der Waals surface area contributed by atoms with Crippen molar-refractivity contribution in [3.8, 4) is 0 Å². The lowest BCUT2D eigenvalue weighted by molar-refractivity contribution is -0.130. The van der Waals surface area contributed by atoms with Gasteiger partial charge in [0.1, 0.15) is 5.88 Å². The van der Waals surface area contributed by atoms with E-state index < -0.39 is 9.84 Å². The molecule has 4 nitrogen and oxygen atoms in total. The third-order valence-corrected chi connectivity index (χ3v) is 4.40. The van der Waals surface area contributed by atoms with Crippen LogP contribution in [0.25, 0.3) is 0 Å². The molecule has 0 saturated carbocycles. The van der Waals surface area contributed by atoms with Crippen molar-refractivity contribution in [3.05, 3.63) is 0 Å². The lowest BCUT2D eigenvalue weighted by Gasteiger charge is -2.25. The Morgan fingerprint density at radius 1 is 1.57 bits per heavy atom. The van der Waals surface area contributed by atoms with Crippen LogP contribution in [-0.4, -0.2) is 49.2 Å². The van der Waals surface area contributed by atoms with Gasteiger partial charge in [0.25, 0.3) is 0 Å². The number of hydrogen-bond donors (Lipinski definition) is 0. The minimum atomic E-state index is -2.93. The maximum Gasteiger partial charge on any atom is 0.237 e. The maximum absolute atomic E-state index is 11.3. The Morgan fingerprint density at radius 3 is 2.57 bits per heavy atom. The quantitative estimate of drug-likeness (QED) is 0.664. The smallest absolute Gasteiger partial charge is 0.237 e. The fraction of sp³-hybridized carbons (Fsp3) is 0.875. The monoisotopic (exact) mass is 239 g/mol. The van der Waals surface area contributed by atoms with E-state index in [1.54, 1.807) is 4.90 Å². The molecule has 1 heterocycles. The minimum absolute atomic E-state index is 0.0790. The number of sulfone groups is 1. The van der Waals surface area contributed by atoms with Gasteiger partial charge in [0.15, 0.2) is 9.84 Å². The number of amides is 1. The van der Waals surface area contributed by atoms with Gasteiger partial charge in [0, 0.05) is 12.6 Å². The molecular formula is C8H14ClNO3S. The molecule has 0 aliphatic carbocycles. The molecule has 0 N–H and O–H groups in total. The topological polar surface area (TPSA) is 54.5 Å². The van der Waals surface area contributed by atoms with Gasteiger partial charge in [-0.1, -0.05) is 0 Å². The van der Waals surface area contributed by atoms with Crippen molar-refractivity contribution in [2.45, 2.75) is 19.4 Å². The number of carbonyl (C=O) groups excluding carboxylic acids is 1. The zero-order chi connectivity index (χ0) is 10.8. The molecule has 0 unspecified atom stereocenters. The number of carbonyl (C=O) groups is 1. The van der Waals surface area contributed by atoms with Crippen molar-refractivity contribution in [1.82, 2.24) is 4.90 Å². The summed E-state index contributed by atoms with van der Waals surface area (Å²) in [6, 6.07) is -0.170. The molecule has 1 atom stereocenters. The van der Waals surface area contributed by atoms with Crippen LogP contribution in [0.15, 0.2) is 0 Å². The normalized spacial score (nSPS) is 24.9. The van der Waals surface area contributed by atoms with Gasteiger partial charge in [0.05, 0.1) is 11.5 Å². The Bertz CT molecular complexity index is 315. The summed E-state index contributed by atoms with van der Waals surface area (Å²) in [6.45, 7) is 2.35. The highest BCUT2D eigenvalue weighted by atomic mass is 35.5. The third kappa shape index (κ3) is 2.60. The number of halogens is 1. The lowest BCUT2D eigenvalue weighted by Crippen LogP contribution is -2.41. The lowest BCUT2D eigenvalue weighted by atomic mass is 10.2. The first kappa shape index (κ1) is 11.8. The van der Waals surface area contributed by atoms with E-state index in [0.29, 0.717) is 13.0 Å². The summed E-state index contributed by atoms with van der Waals surface area (Å²) in [6.07, 6.45) is 0.540. The standard InChI is InChI=1S/C8H14ClNO3S/c1-2-10(8(11)5-9)7-3-4-14(12,13)6-7/h7H,2-6H2,1H3/t7-/m1/s1. The number of rotatable bonds is 3. The van der Waals surface area contributed by atoms with Crippen molar-refractivity contribution >= 4 is 27.3 Å². The first-order valence-electron chi connectivity index (χ1n) is 4.56. The molecule has 0 bridgehead atoms. The van der Waals surface area contributed by atoms with E-state index in [1.165, 1.54) is 0 Å². The molecule has 0 aromatic heterocycles. The molecule has 0 aromatic carbocycles. The summed E-state index contributed by atoms with van der Waals surface area (Å²) in [7, 11) is -2.93. The third-order valence-electron chi connectivity index (χ3n) is 2.42. The largest absolute Gasteiger partial charge is 0.338 e. The van der Waals surface area contributed by atoms with Crippen molar-refractivity contribution in [2.24, 2.45) is 0 Å². The van der Waals surface area contributed by atoms with E-state index in [-0.39, 0.29) is 29.3 Å². The second-order valence-electron chi connectivity index (χ2n) is 3.37. The van der Waals surface area contributed by atoms with Crippen LogP contribution in [-0.2, 0) is 14.6 Å². The van der Waals surface area contributed by atoms with Crippen molar-refractivity contribution in [1.29, 1.82) is 0 Å². The van der Waals surface area contributed by atoms with Gasteiger partial charge in [-0.2, -0.15) is 0 Å². The van der Waals surface area contributed by atoms with Gasteiger partial charge >= 0.3 is 0 Å². The summed E-state index contributed by atoms with van der Waals surface area (Å²) in [5.41, 5.74) is 0. The second-order valence-corrected chi connectivity index (χ2v) is 5.87. The van der Waals surface area contributed by atoms with Gasteiger partial charge < -0.3 is 4.90 Å². The molecule has 1 rings (SSSR count). The number of alkyl halides is 1. The van der Waals surface area contributed by atoms with E-state index in [1.807, 2.05) is 6.92 Å². The highest BCUT2D eigenvalue weighted by Crippen LogP contribution is 2.17. The van der Waals surface area contributed by atoms with E-state index in [4.69, 9.17) is 11.6 Å². The van der Waals surface area contributed by atoms with Crippen molar-refractivity contribution in [3.63, 3.8) is 0 Å². The van der Waals surface area contributed by atoms with Crippen LogP contribution in [0.1, 0.15) is 13.3 Å². The highest BCUT2D eigenvalue weighted by molar-refractivity contribution is 7.91. The molecule has 0 aromatic rings. The number of hydrogen-bond acceptors (Lipinski definition) is 3. The molecule has 82 valence electrons. The van der Waals surface area contributed by atoms with Gasteiger partial charge in [-0.05, 0) is 13.3 Å². The molecule has 6 heteroatoms. The summed E-state index contributed by atoms with van der Waals surface area (Å²) >= 11 is 5.43. The van der Waals surface area contributed by atoms with Crippen molar-refractivity contribution in [2.75, 3.05) is 23.9 Å². The van der Waals surface area contributed by atoms with Crippen LogP contribution in [0.5, 0.6) is 0 Å². The summed E-state index contributed by atoms with van der Waals surface area (Å²) in [5.74, 6) is 0.00804. The van der Waals surface area contributed by atoms with Crippen LogP contribution >= 0.6 is 11.6 Å². The zero-order valence-corrected chi connectivity index (χ0v) is 9.64. The molecule has 14 heavy (non-hydrogen) atoms. The Kier molecular flexibility index (Phi) is 3.78. The predicted octanol–water partition coefficient (Wildman–Crippen LogP) is 0.261. The van der Waals surface area contributed by atoms with Gasteiger partial charge in [-0.15, -0.1) is 11.6 Å². The summed E-state index contributed by atoms with van der Waals surface area (Å²) < 4.78 is 22.4. The number of nitrogens with zero attached hydrogens (tertiary/aromatic N) is 1. The fourth-order valence-corrected chi connectivity index (χ4v) is 3.62. The van der Waals surface area contributed by atoms with E-state index in [0.717, 1.165) is 0 Å². The first-order chi connectivity index (χ1) is 6.50. The van der Waals surface area contributed by atoms with Crippen LogP contribution < -0.4 is 0 Å². The maximum atomic E-state index is 11.3. The predicted molar refractivity (Wildman–Crippen MR) is 55.2 cm³/mol. The molecule has 1 aliphatic heterocycles. The van der Waals surface area contributed by atoms with Crippen LogP contribution in [0.3, 0.4) is 0 Å². The van der Waals surface area contributed by atoms with Gasteiger partial charge in [0.2, 0.25) is 5.91 Å². The van der Waals surface area contributed by atoms with Crippen LogP contribution in [0, 0.1) is 0 Å². The molecule has 0 spiro atoms. The van der Waals surface area contributed by atoms with Crippen LogP contribution in [0.2, 0.25) is 0 Å². The van der Waals surface area contributed by atoms with Gasteiger partial charge in [-0.3, -0.25) is 4.79 Å². The Hall–Kier alpha value is -0.290. The van der Waals surface area contributed by atoms with E-state index >= 15 is 0 Å². The zero-order valence-electron chi connectivity index (χ0n) is 8.07. The Labute approximate surface area is 89.1 Å². The average molecular weight is 240 g/mol. The van der Waals surface area contributed by atoms with E-state index in [2.05, 4.69) is 0 Å². The van der Waals surface area contributed by atoms with E-state index in [9.17, 15) is 13.2 Å². The summed E-state index contributed by atoms with van der Waals surface area (Å²) in [5, 5.41) is 0. The second kappa shape index (κ2) is 4.49. The molecular weight excluding hydrogens is 226 g/mol. The molecule has 1 amide bonds. The first-order valence-corrected chi connectivity index (χ1v) is 6.91. The highest BCUT2D eigenvalue weighted by Gasteiger charge is 2.33. The molecule has 1 saturated heterocycles. The fourth-order valence-electron chi connectivity index (χ4n) is 1.74.